The van der Waals surface area contributed by atoms with Crippen molar-refractivity contribution in [3.8, 4) is 16.9 Å². The summed E-state index contributed by atoms with van der Waals surface area (Å²) in [6.07, 6.45) is -5.19. The minimum atomic E-state index is -4.77. The van der Waals surface area contributed by atoms with Crippen molar-refractivity contribution in [2.24, 2.45) is 0 Å². The Bertz CT molecular complexity index is 1600. The molecule has 0 radical (unpaired) electrons. The number of alkyl halides is 3. The number of halogens is 5. The zero-order chi connectivity index (χ0) is 28.6. The molecule has 1 N–H and O–H groups in total. The fourth-order valence-electron chi connectivity index (χ4n) is 5.06. The van der Waals surface area contributed by atoms with Crippen molar-refractivity contribution in [3.05, 3.63) is 103 Å². The molecule has 11 heteroatoms. The molecule has 3 heterocycles. The Kier molecular flexibility index (Phi) is 8.08. The summed E-state index contributed by atoms with van der Waals surface area (Å²) in [4.78, 5) is 14.0. The molecular formula is C29H25F5N2O2S2. The van der Waals surface area contributed by atoms with Crippen LogP contribution in [0.2, 0.25) is 0 Å². The number of nitrogens with zero attached hydrogens (tertiary/aromatic N) is 1. The van der Waals surface area contributed by atoms with Crippen LogP contribution in [-0.4, -0.2) is 24.0 Å². The van der Waals surface area contributed by atoms with Gasteiger partial charge in [0.1, 0.15) is 5.82 Å². The van der Waals surface area contributed by atoms with Gasteiger partial charge in [0.2, 0.25) is 0 Å². The minimum Gasteiger partial charge on any atom is -0.494 e. The number of thioether (sulfide) groups is 1. The third-order valence-electron chi connectivity index (χ3n) is 7.03. The first kappa shape index (κ1) is 28.4. The predicted octanol–water partition coefficient (Wildman–Crippen LogP) is 7.22. The number of pyridine rings is 1. The number of methoxy groups -OCH3 is 1. The van der Waals surface area contributed by atoms with Crippen LogP contribution in [-0.2, 0) is 19.1 Å². The van der Waals surface area contributed by atoms with Gasteiger partial charge in [0.05, 0.1) is 29.3 Å². The van der Waals surface area contributed by atoms with Crippen LogP contribution in [0.25, 0.3) is 11.1 Å². The largest absolute Gasteiger partial charge is 0.494 e. The fraction of sp³-hybridized carbons (Fsp3) is 0.276. The van der Waals surface area contributed by atoms with E-state index < -0.39 is 40.9 Å². The van der Waals surface area contributed by atoms with Crippen LogP contribution in [0.4, 0.5) is 22.0 Å². The second-order valence-corrected chi connectivity index (χ2v) is 11.2. The molecule has 40 heavy (non-hydrogen) atoms. The molecule has 0 fully saturated rings. The Hall–Kier alpha value is -3.15. The molecule has 4 nitrogen and oxygen atoms in total. The van der Waals surface area contributed by atoms with Gasteiger partial charge in [-0.3, -0.25) is 9.36 Å². The van der Waals surface area contributed by atoms with E-state index in [0.717, 1.165) is 23.8 Å². The zero-order valence-electron chi connectivity index (χ0n) is 21.6. The van der Waals surface area contributed by atoms with Crippen molar-refractivity contribution < 1.29 is 26.7 Å². The smallest absolute Gasteiger partial charge is 0.416 e. The summed E-state index contributed by atoms with van der Waals surface area (Å²) < 4.78 is 78.7. The zero-order valence-corrected chi connectivity index (χ0v) is 23.2. The lowest BCUT2D eigenvalue weighted by Crippen LogP contribution is -2.33. The Morgan fingerprint density at radius 2 is 1.88 bits per heavy atom. The lowest BCUT2D eigenvalue weighted by molar-refractivity contribution is -0.138. The van der Waals surface area contributed by atoms with Gasteiger partial charge in [-0.05, 0) is 58.6 Å². The van der Waals surface area contributed by atoms with Crippen LogP contribution in [0.1, 0.15) is 33.9 Å². The standard InChI is InChI=1S/C29H25F5N2O2S2/c1-16-20(11-21-22(29(32,33)34)6-4-7-23(21)30)28-36(18(15-40-28)13-35-12-17-9-10-39-14-17)27(37)25(16)19-5-3-8-24(38-2)26(19)31/h3-10,14,18,35H,11-13,15H2,1-2H3. The summed E-state index contributed by atoms with van der Waals surface area (Å²) in [6.45, 7) is 2.56. The van der Waals surface area contributed by atoms with E-state index in [4.69, 9.17) is 4.74 Å². The Morgan fingerprint density at radius 3 is 2.58 bits per heavy atom. The van der Waals surface area contributed by atoms with Crippen molar-refractivity contribution in [2.75, 3.05) is 19.4 Å². The highest BCUT2D eigenvalue weighted by Gasteiger charge is 2.36. The van der Waals surface area contributed by atoms with E-state index >= 15 is 4.39 Å². The van der Waals surface area contributed by atoms with Crippen LogP contribution in [0.3, 0.4) is 0 Å². The average Bonchev–Trinajstić information content (AvgIpc) is 3.58. The molecule has 0 aliphatic carbocycles. The number of fused-ring (bicyclic) bond motifs is 1. The molecule has 2 aromatic carbocycles. The molecule has 0 bridgehead atoms. The third-order valence-corrected chi connectivity index (χ3v) is 9.03. The van der Waals surface area contributed by atoms with Crippen molar-refractivity contribution in [1.82, 2.24) is 9.88 Å². The predicted molar refractivity (Wildman–Crippen MR) is 147 cm³/mol. The first-order chi connectivity index (χ1) is 19.1. The molecule has 0 amide bonds. The van der Waals surface area contributed by atoms with Gasteiger partial charge in [-0.25, -0.2) is 8.78 Å². The van der Waals surface area contributed by atoms with E-state index in [0.29, 0.717) is 35.0 Å². The quantitative estimate of drug-likeness (QED) is 0.220. The van der Waals surface area contributed by atoms with Gasteiger partial charge < -0.3 is 10.1 Å². The van der Waals surface area contributed by atoms with Crippen molar-refractivity contribution in [1.29, 1.82) is 0 Å². The maximum atomic E-state index is 15.5. The number of ether oxygens (including phenoxy) is 1. The number of nitrogens with one attached hydrogen (secondary N) is 1. The minimum absolute atomic E-state index is 0.0189. The Morgan fingerprint density at radius 1 is 1.10 bits per heavy atom. The number of rotatable bonds is 8. The van der Waals surface area contributed by atoms with Gasteiger partial charge in [-0.2, -0.15) is 24.5 Å². The topological polar surface area (TPSA) is 43.3 Å². The van der Waals surface area contributed by atoms with Crippen molar-refractivity contribution >= 4 is 23.1 Å². The Labute approximate surface area is 235 Å². The highest BCUT2D eigenvalue weighted by molar-refractivity contribution is 7.99. The van der Waals surface area contributed by atoms with Gasteiger partial charge >= 0.3 is 6.18 Å². The summed E-state index contributed by atoms with van der Waals surface area (Å²) in [5.41, 5.74) is -0.308. The van der Waals surface area contributed by atoms with Crippen molar-refractivity contribution in [2.45, 2.75) is 37.1 Å². The summed E-state index contributed by atoms with van der Waals surface area (Å²) in [6, 6.07) is 8.89. The van der Waals surface area contributed by atoms with E-state index in [-0.39, 0.29) is 22.9 Å². The van der Waals surface area contributed by atoms with Crippen LogP contribution >= 0.6 is 23.1 Å². The number of aromatic nitrogens is 1. The summed E-state index contributed by atoms with van der Waals surface area (Å²) in [5.74, 6) is -1.34. The lowest BCUT2D eigenvalue weighted by atomic mass is 9.92. The lowest BCUT2D eigenvalue weighted by Gasteiger charge is -2.22. The van der Waals surface area contributed by atoms with Crippen LogP contribution < -0.4 is 15.6 Å². The molecule has 0 saturated heterocycles. The molecule has 1 aliphatic heterocycles. The first-order valence-corrected chi connectivity index (χ1v) is 14.3. The third kappa shape index (κ3) is 5.29. The molecule has 210 valence electrons. The van der Waals surface area contributed by atoms with Gasteiger partial charge in [0.15, 0.2) is 11.6 Å². The monoisotopic (exact) mass is 592 g/mol. The van der Waals surface area contributed by atoms with Crippen LogP contribution in [0, 0.1) is 18.6 Å². The Balaban J connectivity index is 1.67. The second kappa shape index (κ2) is 11.4. The summed E-state index contributed by atoms with van der Waals surface area (Å²) in [7, 11) is 1.30. The highest BCUT2D eigenvalue weighted by atomic mass is 32.2. The normalized spacial score (nSPS) is 14.9. The van der Waals surface area contributed by atoms with Gasteiger partial charge in [0.25, 0.3) is 5.56 Å². The molecule has 2 aromatic heterocycles. The van der Waals surface area contributed by atoms with Crippen molar-refractivity contribution in [3.63, 3.8) is 0 Å². The van der Waals surface area contributed by atoms with E-state index in [1.54, 1.807) is 24.3 Å². The highest BCUT2D eigenvalue weighted by Crippen LogP contribution is 2.42. The first-order valence-electron chi connectivity index (χ1n) is 12.4. The molecule has 5 rings (SSSR count). The molecule has 1 aliphatic rings. The molecule has 4 aromatic rings. The molecule has 0 spiro atoms. The summed E-state index contributed by atoms with van der Waals surface area (Å²) in [5, 5.41) is 7.78. The second-order valence-electron chi connectivity index (χ2n) is 9.45. The molecule has 1 unspecified atom stereocenters. The maximum absolute atomic E-state index is 15.5. The van der Waals surface area contributed by atoms with E-state index in [1.165, 1.54) is 35.6 Å². The number of hydrogen-bond acceptors (Lipinski definition) is 5. The molecule has 1 atom stereocenters. The molecule has 0 saturated carbocycles. The van der Waals surface area contributed by atoms with E-state index in [1.807, 2.05) is 16.8 Å². The average molecular weight is 593 g/mol. The number of hydrogen-bond donors (Lipinski definition) is 1. The van der Waals surface area contributed by atoms with Crippen LogP contribution in [0.5, 0.6) is 5.75 Å². The van der Waals surface area contributed by atoms with E-state index in [2.05, 4.69) is 5.32 Å². The molecular weight excluding hydrogens is 567 g/mol. The number of thiophene rings is 1. The maximum Gasteiger partial charge on any atom is 0.416 e. The van der Waals surface area contributed by atoms with Gasteiger partial charge in [0, 0.05) is 36.4 Å². The van der Waals surface area contributed by atoms with Gasteiger partial charge in [-0.15, -0.1) is 11.8 Å². The van der Waals surface area contributed by atoms with Gasteiger partial charge in [-0.1, -0.05) is 18.2 Å². The SMILES string of the molecule is COc1cccc(-c2c(C)c(Cc3c(F)cccc3C(F)(F)F)c3n(c2=O)C(CNCc2ccsc2)CS3)c1F. The summed E-state index contributed by atoms with van der Waals surface area (Å²) >= 11 is 2.91. The number of benzene rings is 2. The van der Waals surface area contributed by atoms with Crippen LogP contribution in [0.15, 0.2) is 63.0 Å². The van der Waals surface area contributed by atoms with E-state index in [9.17, 15) is 22.4 Å². The fourth-order valence-corrected chi connectivity index (χ4v) is 7.12.